The molecule has 0 amide bonds. The fourth-order valence-electron chi connectivity index (χ4n) is 5.74. The zero-order valence-corrected chi connectivity index (χ0v) is 21.8. The number of benzene rings is 1. The minimum absolute atomic E-state index is 0.0759. The highest BCUT2D eigenvalue weighted by molar-refractivity contribution is 5.77. The number of unbranched alkanes of at least 4 members (excludes halogenated alkanes) is 2. The van der Waals surface area contributed by atoms with Gasteiger partial charge in [0.1, 0.15) is 17.6 Å². The molecule has 8 nitrogen and oxygen atoms in total. The molecule has 2 atom stereocenters. The molecule has 2 saturated heterocycles. The lowest BCUT2D eigenvalue weighted by Gasteiger charge is -2.43. The van der Waals surface area contributed by atoms with Gasteiger partial charge in [0.15, 0.2) is 0 Å². The molecule has 0 radical (unpaired) electrons. The SMILES string of the molecule is COc1cccc(C(C(=O)O)N2CC(OCCCCCc3ccc4c(n3)NCCC4)C2)c1C1CCCO1. The van der Waals surface area contributed by atoms with Gasteiger partial charge in [-0.25, -0.2) is 4.98 Å². The smallest absolute Gasteiger partial charge is 0.325 e. The lowest BCUT2D eigenvalue weighted by molar-refractivity contribution is -0.151. The van der Waals surface area contributed by atoms with Gasteiger partial charge in [-0.15, -0.1) is 0 Å². The molecule has 3 aliphatic heterocycles. The van der Waals surface area contributed by atoms with Crippen molar-refractivity contribution in [1.82, 2.24) is 9.88 Å². The Balaban J connectivity index is 1.07. The molecular weight excluding hydrogens is 470 g/mol. The first kappa shape index (κ1) is 25.9. The molecule has 0 saturated carbocycles. The number of pyridine rings is 1. The fraction of sp³-hybridized carbons (Fsp3) is 0.586. The Labute approximate surface area is 219 Å². The van der Waals surface area contributed by atoms with Crippen molar-refractivity contribution < 1.29 is 24.1 Å². The number of carboxylic acid groups (broad SMARTS) is 1. The standard InChI is InChI=1S/C29H39N3O5/c1-35-24-11-5-10-23(26(24)25-12-7-17-37-25)27(29(33)34)32-18-22(19-32)36-16-4-2-3-9-21-14-13-20-8-6-15-30-28(20)31-21/h5,10-11,13-14,22,25,27H,2-4,6-9,12,15-19H2,1H3,(H,30,31)(H,33,34). The molecule has 2 aromatic rings. The number of likely N-dealkylation sites (tertiary alicyclic amines) is 1. The second kappa shape index (κ2) is 12.2. The predicted octanol–water partition coefficient (Wildman–Crippen LogP) is 4.54. The van der Waals surface area contributed by atoms with Gasteiger partial charge in [-0.1, -0.05) is 24.6 Å². The van der Waals surface area contributed by atoms with E-state index in [-0.39, 0.29) is 12.2 Å². The van der Waals surface area contributed by atoms with E-state index < -0.39 is 12.0 Å². The van der Waals surface area contributed by atoms with Crippen molar-refractivity contribution in [3.63, 3.8) is 0 Å². The number of carbonyl (C=O) groups is 1. The normalized spacial score (nSPS) is 20.6. The summed E-state index contributed by atoms with van der Waals surface area (Å²) in [4.78, 5) is 19.1. The van der Waals surface area contributed by atoms with Crippen LogP contribution in [0.5, 0.6) is 5.75 Å². The van der Waals surface area contributed by atoms with Crippen LogP contribution in [-0.2, 0) is 27.1 Å². The summed E-state index contributed by atoms with van der Waals surface area (Å²) in [5.41, 5.74) is 4.13. The summed E-state index contributed by atoms with van der Waals surface area (Å²) in [5.74, 6) is 0.917. The number of aromatic nitrogens is 1. The molecule has 5 rings (SSSR count). The molecule has 0 bridgehead atoms. The van der Waals surface area contributed by atoms with E-state index >= 15 is 0 Å². The minimum Gasteiger partial charge on any atom is -0.496 e. The van der Waals surface area contributed by atoms with E-state index in [1.807, 2.05) is 23.1 Å². The van der Waals surface area contributed by atoms with Crippen LogP contribution in [0.25, 0.3) is 0 Å². The van der Waals surface area contributed by atoms with Crippen LogP contribution < -0.4 is 10.1 Å². The second-order valence-electron chi connectivity index (χ2n) is 10.3. The molecule has 0 aliphatic carbocycles. The molecule has 1 aromatic heterocycles. The Kier molecular flexibility index (Phi) is 8.59. The lowest BCUT2D eigenvalue weighted by Crippen LogP contribution is -2.55. The summed E-state index contributed by atoms with van der Waals surface area (Å²) < 4.78 is 17.6. The van der Waals surface area contributed by atoms with Gasteiger partial charge in [-0.2, -0.15) is 0 Å². The largest absolute Gasteiger partial charge is 0.496 e. The highest BCUT2D eigenvalue weighted by Gasteiger charge is 2.40. The van der Waals surface area contributed by atoms with E-state index in [4.69, 9.17) is 19.2 Å². The average molecular weight is 510 g/mol. The van der Waals surface area contributed by atoms with Crippen molar-refractivity contribution in [3.8, 4) is 5.75 Å². The van der Waals surface area contributed by atoms with Crippen molar-refractivity contribution >= 4 is 11.8 Å². The van der Waals surface area contributed by atoms with Crippen LogP contribution in [0, 0.1) is 0 Å². The summed E-state index contributed by atoms with van der Waals surface area (Å²) in [6, 6.07) is 9.31. The number of anilines is 1. The summed E-state index contributed by atoms with van der Waals surface area (Å²) in [7, 11) is 1.63. The van der Waals surface area contributed by atoms with Crippen molar-refractivity contribution in [2.24, 2.45) is 0 Å². The maximum atomic E-state index is 12.4. The topological polar surface area (TPSA) is 93.2 Å². The number of carboxylic acids is 1. The first-order valence-corrected chi connectivity index (χ1v) is 13.7. The number of fused-ring (bicyclic) bond motifs is 1. The molecule has 2 fully saturated rings. The zero-order chi connectivity index (χ0) is 25.6. The molecular formula is C29H39N3O5. The summed E-state index contributed by atoms with van der Waals surface area (Å²) >= 11 is 0. The maximum Gasteiger partial charge on any atom is 0.325 e. The third-order valence-corrected chi connectivity index (χ3v) is 7.72. The first-order chi connectivity index (χ1) is 18.1. The second-order valence-corrected chi connectivity index (χ2v) is 10.3. The van der Waals surface area contributed by atoms with E-state index in [1.165, 1.54) is 12.0 Å². The summed E-state index contributed by atoms with van der Waals surface area (Å²) in [5, 5.41) is 13.5. The summed E-state index contributed by atoms with van der Waals surface area (Å²) in [6.45, 7) is 3.65. The molecule has 8 heteroatoms. The zero-order valence-electron chi connectivity index (χ0n) is 21.8. The van der Waals surface area contributed by atoms with E-state index in [1.54, 1.807) is 7.11 Å². The first-order valence-electron chi connectivity index (χ1n) is 13.7. The van der Waals surface area contributed by atoms with E-state index in [9.17, 15) is 9.90 Å². The van der Waals surface area contributed by atoms with Gasteiger partial charge in [0.05, 0.1) is 19.3 Å². The quantitative estimate of drug-likeness (QED) is 0.403. The van der Waals surface area contributed by atoms with Crippen molar-refractivity contribution in [2.45, 2.75) is 69.6 Å². The Morgan fingerprint density at radius 2 is 2.11 bits per heavy atom. The number of hydrogen-bond acceptors (Lipinski definition) is 7. The highest BCUT2D eigenvalue weighted by atomic mass is 16.5. The third-order valence-electron chi connectivity index (χ3n) is 7.72. The summed E-state index contributed by atoms with van der Waals surface area (Å²) in [6.07, 6.45) is 8.28. The third kappa shape index (κ3) is 6.08. The van der Waals surface area contributed by atoms with Gasteiger partial charge in [0.2, 0.25) is 0 Å². The van der Waals surface area contributed by atoms with Crippen LogP contribution in [-0.4, -0.2) is 67.0 Å². The highest BCUT2D eigenvalue weighted by Crippen LogP contribution is 2.41. The number of aryl methyl sites for hydroxylation is 2. The number of hydrogen-bond donors (Lipinski definition) is 2. The van der Waals surface area contributed by atoms with E-state index in [2.05, 4.69) is 17.4 Å². The van der Waals surface area contributed by atoms with Crippen molar-refractivity contribution in [1.29, 1.82) is 0 Å². The van der Waals surface area contributed by atoms with Crippen molar-refractivity contribution in [3.05, 3.63) is 52.7 Å². The van der Waals surface area contributed by atoms with Gasteiger partial charge < -0.3 is 24.6 Å². The Bertz CT molecular complexity index is 1070. The average Bonchev–Trinajstić information content (AvgIpc) is 3.43. The van der Waals surface area contributed by atoms with Crippen LogP contribution in [0.2, 0.25) is 0 Å². The lowest BCUT2D eigenvalue weighted by atomic mass is 9.91. The number of methoxy groups -OCH3 is 1. The number of ether oxygens (including phenoxy) is 3. The van der Waals surface area contributed by atoms with Gasteiger partial charge in [0, 0.05) is 44.1 Å². The molecule has 0 spiro atoms. The molecule has 1 aromatic carbocycles. The van der Waals surface area contributed by atoms with E-state index in [0.717, 1.165) is 74.1 Å². The van der Waals surface area contributed by atoms with Crippen LogP contribution >= 0.6 is 0 Å². The Hall–Kier alpha value is -2.68. The van der Waals surface area contributed by atoms with Crippen LogP contribution in [0.15, 0.2) is 30.3 Å². The maximum absolute atomic E-state index is 12.4. The number of nitrogens with one attached hydrogen (secondary N) is 1. The predicted molar refractivity (Wildman–Crippen MR) is 141 cm³/mol. The number of nitrogens with zero attached hydrogens (tertiary/aromatic N) is 2. The van der Waals surface area contributed by atoms with Crippen LogP contribution in [0.1, 0.15) is 73.1 Å². The molecule has 4 heterocycles. The number of rotatable bonds is 12. The van der Waals surface area contributed by atoms with Gasteiger partial charge in [0.25, 0.3) is 0 Å². The van der Waals surface area contributed by atoms with Gasteiger partial charge in [-0.05, 0) is 68.2 Å². The van der Waals surface area contributed by atoms with Gasteiger partial charge in [-0.3, -0.25) is 9.69 Å². The van der Waals surface area contributed by atoms with E-state index in [0.29, 0.717) is 32.1 Å². The molecule has 2 N–H and O–H groups in total. The monoisotopic (exact) mass is 509 g/mol. The number of aliphatic carboxylic acids is 1. The van der Waals surface area contributed by atoms with Crippen LogP contribution in [0.3, 0.4) is 0 Å². The van der Waals surface area contributed by atoms with Gasteiger partial charge >= 0.3 is 5.97 Å². The molecule has 2 unspecified atom stereocenters. The Morgan fingerprint density at radius 1 is 1.22 bits per heavy atom. The Morgan fingerprint density at radius 3 is 2.89 bits per heavy atom. The molecule has 37 heavy (non-hydrogen) atoms. The van der Waals surface area contributed by atoms with Crippen LogP contribution in [0.4, 0.5) is 5.82 Å². The van der Waals surface area contributed by atoms with Crippen molar-refractivity contribution in [2.75, 3.05) is 45.3 Å². The fourth-order valence-corrected chi connectivity index (χ4v) is 5.74. The minimum atomic E-state index is -0.850. The molecule has 3 aliphatic rings. The molecule has 200 valence electrons.